The van der Waals surface area contributed by atoms with E-state index in [9.17, 15) is 9.59 Å². The number of thiazole rings is 1. The van der Waals surface area contributed by atoms with Crippen molar-refractivity contribution in [1.82, 2.24) is 9.97 Å². The number of carbonyl (C=O) groups excluding carboxylic acids is 1. The van der Waals surface area contributed by atoms with E-state index in [0.717, 1.165) is 28.3 Å². The Balaban J connectivity index is 1.25. The van der Waals surface area contributed by atoms with E-state index in [1.165, 1.54) is 11.3 Å². The molecule has 1 aliphatic rings. The number of hydrogen-bond acceptors (Lipinski definition) is 5. The Morgan fingerprint density at radius 1 is 0.806 bits per heavy atom. The zero-order valence-electron chi connectivity index (χ0n) is 19.3. The first-order valence-electron chi connectivity index (χ1n) is 11.8. The molecule has 1 aliphatic carbocycles. The molecule has 6 rings (SSSR count). The van der Waals surface area contributed by atoms with Gasteiger partial charge in [-0.1, -0.05) is 48.5 Å². The van der Waals surface area contributed by atoms with Gasteiger partial charge in [-0.3, -0.25) is 9.59 Å². The summed E-state index contributed by atoms with van der Waals surface area (Å²) >= 11 is 1.39. The summed E-state index contributed by atoms with van der Waals surface area (Å²) in [6.07, 6.45) is 1.07. The minimum Gasteiger partial charge on any atom is -0.457 e. The number of ketones is 1. The maximum Gasteiger partial charge on any atom is 0.258 e. The number of benzene rings is 3. The third-order valence-electron chi connectivity index (χ3n) is 6.44. The number of fused-ring (bicyclic) bond motifs is 1. The van der Waals surface area contributed by atoms with Crippen molar-refractivity contribution in [3.8, 4) is 33.3 Å². The highest BCUT2D eigenvalue weighted by Gasteiger charge is 2.28. The molecule has 0 amide bonds. The molecule has 0 radical (unpaired) electrons. The minimum absolute atomic E-state index is 0.0494. The van der Waals surface area contributed by atoms with Crippen molar-refractivity contribution >= 4 is 17.1 Å². The molecule has 176 valence electrons. The number of Topliss-reactive ketones (excluding diaryl/α,β-unsaturated/α-hetero) is 1. The van der Waals surface area contributed by atoms with Crippen LogP contribution in [0.5, 0.6) is 11.5 Å². The highest BCUT2D eigenvalue weighted by Crippen LogP contribution is 2.34. The predicted molar refractivity (Wildman–Crippen MR) is 142 cm³/mol. The van der Waals surface area contributed by atoms with E-state index < -0.39 is 0 Å². The molecule has 5 nitrogen and oxygen atoms in total. The lowest BCUT2D eigenvalue weighted by Gasteiger charge is -2.24. The van der Waals surface area contributed by atoms with E-state index >= 15 is 0 Å². The number of nitrogens with one attached hydrogen (secondary N) is 1. The average Bonchev–Trinajstić information content (AvgIpc) is 3.40. The number of aromatic nitrogens is 2. The molecule has 36 heavy (non-hydrogen) atoms. The number of ether oxygens (including phenoxy) is 1. The van der Waals surface area contributed by atoms with Gasteiger partial charge in [-0.25, -0.2) is 4.98 Å². The molecule has 0 spiro atoms. The number of nitrogens with zero attached hydrogens (tertiary/aromatic N) is 1. The van der Waals surface area contributed by atoms with Crippen LogP contribution in [0.4, 0.5) is 0 Å². The SMILES string of the molecule is O=C1C[C@@H](c2ccccc2)Cc2[nH]c(=O)c(-c3nc(-c4ccc(Oc5ccccc5)cc4)cs3)cc21. The Morgan fingerprint density at radius 3 is 2.25 bits per heavy atom. The van der Waals surface area contributed by atoms with Crippen LogP contribution in [-0.2, 0) is 6.42 Å². The molecule has 1 atom stereocenters. The summed E-state index contributed by atoms with van der Waals surface area (Å²) in [5.74, 6) is 1.64. The molecule has 0 fully saturated rings. The van der Waals surface area contributed by atoms with Gasteiger partial charge in [-0.2, -0.15) is 0 Å². The second-order valence-electron chi connectivity index (χ2n) is 8.82. The monoisotopic (exact) mass is 490 g/mol. The number of hydrogen-bond donors (Lipinski definition) is 1. The highest BCUT2D eigenvalue weighted by molar-refractivity contribution is 7.13. The van der Waals surface area contributed by atoms with Gasteiger partial charge in [0.05, 0.1) is 11.3 Å². The van der Waals surface area contributed by atoms with Crippen LogP contribution in [0.1, 0.15) is 34.0 Å². The zero-order chi connectivity index (χ0) is 24.5. The van der Waals surface area contributed by atoms with Gasteiger partial charge >= 0.3 is 0 Å². The largest absolute Gasteiger partial charge is 0.457 e. The normalized spacial score (nSPS) is 14.9. The Labute approximate surface area is 212 Å². The minimum atomic E-state index is -0.220. The van der Waals surface area contributed by atoms with Gasteiger partial charge < -0.3 is 9.72 Å². The number of rotatable bonds is 5. The quantitative estimate of drug-likeness (QED) is 0.292. The summed E-state index contributed by atoms with van der Waals surface area (Å²) in [6, 6.07) is 29.0. The molecule has 0 aliphatic heterocycles. The Hall–Kier alpha value is -4.29. The van der Waals surface area contributed by atoms with Gasteiger partial charge in [-0.15, -0.1) is 11.3 Å². The highest BCUT2D eigenvalue weighted by atomic mass is 32.1. The maximum absolute atomic E-state index is 13.0. The van der Waals surface area contributed by atoms with Crippen LogP contribution in [0.3, 0.4) is 0 Å². The molecule has 1 N–H and O–H groups in total. The second kappa shape index (κ2) is 9.40. The van der Waals surface area contributed by atoms with E-state index in [-0.39, 0.29) is 17.3 Å². The standard InChI is InChI=1S/C30H22N2O3S/c33-28-16-21(19-7-3-1-4-8-19)15-26-24(28)17-25(29(34)31-26)30-32-27(18-36-30)20-11-13-23(14-12-20)35-22-9-5-2-6-10-22/h1-14,17-18,21H,15-16H2,(H,31,34)/t21-/m0/s1. The number of carbonyl (C=O) groups is 1. The Morgan fingerprint density at radius 2 is 1.50 bits per heavy atom. The van der Waals surface area contributed by atoms with E-state index in [1.54, 1.807) is 6.07 Å². The lowest BCUT2D eigenvalue weighted by atomic mass is 9.81. The molecule has 2 heterocycles. The summed E-state index contributed by atoms with van der Waals surface area (Å²) < 4.78 is 5.86. The summed E-state index contributed by atoms with van der Waals surface area (Å²) in [5.41, 5.74) is 4.33. The molecule has 0 saturated heterocycles. The lowest BCUT2D eigenvalue weighted by molar-refractivity contribution is 0.0963. The van der Waals surface area contributed by atoms with Crippen LogP contribution in [0.25, 0.3) is 21.8 Å². The third kappa shape index (κ3) is 4.39. The third-order valence-corrected chi connectivity index (χ3v) is 7.32. The van der Waals surface area contributed by atoms with Crippen molar-refractivity contribution in [2.24, 2.45) is 0 Å². The molecular formula is C30H22N2O3S. The fourth-order valence-electron chi connectivity index (χ4n) is 4.60. The van der Waals surface area contributed by atoms with Crippen LogP contribution < -0.4 is 10.3 Å². The fraction of sp³-hybridized carbons (Fsp3) is 0.100. The summed E-state index contributed by atoms with van der Waals surface area (Å²) in [5, 5.41) is 2.52. The zero-order valence-corrected chi connectivity index (χ0v) is 20.1. The smallest absolute Gasteiger partial charge is 0.258 e. The molecule has 0 saturated carbocycles. The first kappa shape index (κ1) is 22.2. The molecule has 5 aromatic rings. The first-order valence-corrected chi connectivity index (χ1v) is 12.7. The summed E-state index contributed by atoms with van der Waals surface area (Å²) in [6.45, 7) is 0. The molecule has 3 aromatic carbocycles. The summed E-state index contributed by atoms with van der Waals surface area (Å²) in [4.78, 5) is 33.7. The average molecular weight is 491 g/mol. The second-order valence-corrected chi connectivity index (χ2v) is 9.68. The molecular weight excluding hydrogens is 468 g/mol. The van der Waals surface area contributed by atoms with Crippen molar-refractivity contribution in [2.45, 2.75) is 18.8 Å². The van der Waals surface area contributed by atoms with Crippen LogP contribution >= 0.6 is 11.3 Å². The predicted octanol–water partition coefficient (Wildman–Crippen LogP) is 6.87. The number of pyridine rings is 1. The topological polar surface area (TPSA) is 72.0 Å². The van der Waals surface area contributed by atoms with Crippen LogP contribution in [-0.4, -0.2) is 15.8 Å². The van der Waals surface area contributed by atoms with Crippen molar-refractivity contribution in [1.29, 1.82) is 0 Å². The Bertz CT molecular complexity index is 1590. The van der Waals surface area contributed by atoms with E-state index in [1.807, 2.05) is 90.3 Å². The first-order chi connectivity index (χ1) is 17.6. The number of para-hydroxylation sites is 1. The van der Waals surface area contributed by atoms with Gasteiger partial charge in [0, 0.05) is 28.6 Å². The van der Waals surface area contributed by atoms with Gasteiger partial charge in [0.25, 0.3) is 5.56 Å². The molecule has 2 aromatic heterocycles. The van der Waals surface area contributed by atoms with E-state index in [2.05, 4.69) is 4.98 Å². The Kier molecular flexibility index (Phi) is 5.79. The van der Waals surface area contributed by atoms with E-state index in [4.69, 9.17) is 9.72 Å². The summed E-state index contributed by atoms with van der Waals surface area (Å²) in [7, 11) is 0. The number of H-pyrrole nitrogens is 1. The van der Waals surface area contributed by atoms with Gasteiger partial charge in [0.2, 0.25) is 0 Å². The van der Waals surface area contributed by atoms with Crippen LogP contribution in [0.15, 0.2) is 101 Å². The lowest BCUT2D eigenvalue weighted by Crippen LogP contribution is -2.24. The maximum atomic E-state index is 13.0. The number of aromatic amines is 1. The van der Waals surface area contributed by atoms with Gasteiger partial charge in [0.1, 0.15) is 16.5 Å². The van der Waals surface area contributed by atoms with Crippen LogP contribution in [0.2, 0.25) is 0 Å². The van der Waals surface area contributed by atoms with Gasteiger partial charge in [-0.05, 0) is 60.4 Å². The molecule has 0 bridgehead atoms. The van der Waals surface area contributed by atoms with Crippen LogP contribution in [0, 0.1) is 0 Å². The van der Waals surface area contributed by atoms with Crippen molar-refractivity contribution in [2.75, 3.05) is 0 Å². The van der Waals surface area contributed by atoms with Crippen molar-refractivity contribution in [3.63, 3.8) is 0 Å². The fourth-order valence-corrected chi connectivity index (χ4v) is 5.44. The van der Waals surface area contributed by atoms with Gasteiger partial charge in [0.15, 0.2) is 5.78 Å². The molecule has 0 unspecified atom stereocenters. The molecule has 6 heteroatoms. The van der Waals surface area contributed by atoms with Crippen molar-refractivity contribution < 1.29 is 9.53 Å². The van der Waals surface area contributed by atoms with Crippen molar-refractivity contribution in [3.05, 3.63) is 124 Å². The van der Waals surface area contributed by atoms with E-state index in [0.29, 0.717) is 34.7 Å².